The van der Waals surface area contributed by atoms with Crippen molar-refractivity contribution in [3.05, 3.63) is 35.9 Å². The predicted molar refractivity (Wildman–Crippen MR) is 117 cm³/mol. The normalized spacial score (nSPS) is 21.2. The Morgan fingerprint density at radius 2 is 1.79 bits per heavy atom. The monoisotopic (exact) mass is 422 g/mol. The Morgan fingerprint density at radius 1 is 1.14 bits per heavy atom. The molecule has 0 atom stereocenters. The minimum Gasteiger partial charge on any atom is -0.381 e. The molecule has 29 heavy (non-hydrogen) atoms. The molecule has 3 rings (SSSR count). The van der Waals surface area contributed by atoms with E-state index < -0.39 is 14.6 Å². The highest BCUT2D eigenvalue weighted by Gasteiger charge is 2.42. The number of sulfone groups is 1. The van der Waals surface area contributed by atoms with Crippen molar-refractivity contribution in [3.63, 3.8) is 0 Å². The summed E-state index contributed by atoms with van der Waals surface area (Å²) in [4.78, 5) is 9.49. The van der Waals surface area contributed by atoms with Gasteiger partial charge < -0.3 is 15.0 Å². The fourth-order valence-corrected chi connectivity index (χ4v) is 5.20. The molecular weight excluding hydrogens is 388 g/mol. The van der Waals surface area contributed by atoms with Crippen molar-refractivity contribution in [2.75, 3.05) is 58.7 Å². The van der Waals surface area contributed by atoms with Gasteiger partial charge in [0.05, 0.1) is 11.3 Å². The molecule has 8 heteroatoms. The van der Waals surface area contributed by atoms with Crippen molar-refractivity contribution in [1.29, 1.82) is 0 Å². The van der Waals surface area contributed by atoms with Gasteiger partial charge in [0.25, 0.3) is 0 Å². The third-order valence-electron chi connectivity index (χ3n) is 5.96. The highest BCUT2D eigenvalue weighted by atomic mass is 32.2. The molecule has 2 fully saturated rings. The molecule has 1 aromatic rings. The third-order valence-corrected chi connectivity index (χ3v) is 8.07. The molecule has 0 radical (unpaired) electrons. The first-order chi connectivity index (χ1) is 13.9. The summed E-state index contributed by atoms with van der Waals surface area (Å²) in [5, 5.41) is 3.36. The quantitative estimate of drug-likeness (QED) is 0.551. The molecule has 0 aliphatic carbocycles. The third kappa shape index (κ3) is 5.71. The van der Waals surface area contributed by atoms with Gasteiger partial charge >= 0.3 is 0 Å². The van der Waals surface area contributed by atoms with Gasteiger partial charge in [-0.05, 0) is 25.3 Å². The van der Waals surface area contributed by atoms with E-state index in [9.17, 15) is 8.42 Å². The lowest BCUT2D eigenvalue weighted by atomic mass is 9.99. The molecule has 1 N–H and O–H groups in total. The molecule has 162 valence electrons. The molecule has 0 unspecified atom stereocenters. The number of nitrogens with zero attached hydrogens (tertiary/aromatic N) is 3. The highest BCUT2D eigenvalue weighted by molar-refractivity contribution is 7.92. The summed E-state index contributed by atoms with van der Waals surface area (Å²) >= 11 is 0. The van der Waals surface area contributed by atoms with Crippen LogP contribution in [0.15, 0.2) is 35.3 Å². The predicted octanol–water partition coefficient (Wildman–Crippen LogP) is 1.36. The second kappa shape index (κ2) is 9.91. The summed E-state index contributed by atoms with van der Waals surface area (Å²) in [6, 6.07) is 10.5. The summed E-state index contributed by atoms with van der Waals surface area (Å²) in [6.07, 6.45) is 2.36. The van der Waals surface area contributed by atoms with Crippen molar-refractivity contribution in [2.24, 2.45) is 4.99 Å². The number of ether oxygens (including phenoxy) is 1. The average molecular weight is 423 g/mol. The van der Waals surface area contributed by atoms with E-state index in [0.29, 0.717) is 32.6 Å². The van der Waals surface area contributed by atoms with Crippen molar-refractivity contribution < 1.29 is 13.2 Å². The molecule has 0 spiro atoms. The summed E-state index contributed by atoms with van der Waals surface area (Å²) in [5.74, 6) is 0.821. The summed E-state index contributed by atoms with van der Waals surface area (Å²) in [6.45, 7) is 8.71. The zero-order valence-corrected chi connectivity index (χ0v) is 18.5. The van der Waals surface area contributed by atoms with Crippen LogP contribution in [0.25, 0.3) is 0 Å². The second-order valence-electron chi connectivity index (χ2n) is 7.99. The van der Waals surface area contributed by atoms with E-state index in [1.807, 2.05) is 13.0 Å². The van der Waals surface area contributed by atoms with E-state index in [1.54, 1.807) is 0 Å². The number of guanidine groups is 1. The number of rotatable bonds is 6. The SMILES string of the molecule is CCNC(=NCC1(S(C)(=O)=O)CCOCC1)N1CCN(Cc2ccccc2)CC1. The first-order valence-electron chi connectivity index (χ1n) is 10.5. The van der Waals surface area contributed by atoms with Gasteiger partial charge in [-0.15, -0.1) is 0 Å². The number of nitrogens with one attached hydrogen (secondary N) is 1. The molecule has 1 aromatic carbocycles. The summed E-state index contributed by atoms with van der Waals surface area (Å²) in [7, 11) is -3.21. The lowest BCUT2D eigenvalue weighted by Gasteiger charge is -2.38. The maximum atomic E-state index is 12.5. The first-order valence-corrected chi connectivity index (χ1v) is 12.4. The molecular formula is C21H34N4O3S. The Balaban J connectivity index is 1.63. The fourth-order valence-electron chi connectivity index (χ4n) is 3.99. The van der Waals surface area contributed by atoms with E-state index >= 15 is 0 Å². The Labute approximate surface area is 175 Å². The number of benzene rings is 1. The van der Waals surface area contributed by atoms with Crippen molar-refractivity contribution in [1.82, 2.24) is 15.1 Å². The van der Waals surface area contributed by atoms with Crippen molar-refractivity contribution >= 4 is 15.8 Å². The summed E-state index contributed by atoms with van der Waals surface area (Å²) < 4.78 is 29.6. The molecule has 0 bridgehead atoms. The zero-order valence-electron chi connectivity index (χ0n) is 17.6. The Kier molecular flexibility index (Phi) is 7.54. The molecule has 2 aliphatic heterocycles. The number of aliphatic imine (C=N–C) groups is 1. The summed E-state index contributed by atoms with van der Waals surface area (Å²) in [5.41, 5.74) is 1.33. The molecule has 2 aliphatic rings. The molecule has 2 heterocycles. The van der Waals surface area contributed by atoms with Gasteiger partial charge in [-0.3, -0.25) is 9.89 Å². The standard InChI is InChI=1S/C21H34N4O3S/c1-3-22-20(23-18-21(29(2,26)27)9-15-28-16-10-21)25-13-11-24(12-14-25)17-19-7-5-4-6-8-19/h4-8H,3,9-18H2,1-2H3,(H,22,23). The number of hydrogen-bond donors (Lipinski definition) is 1. The van der Waals surface area contributed by atoms with Gasteiger partial charge in [-0.2, -0.15) is 0 Å². The Hall–Kier alpha value is -1.64. The van der Waals surface area contributed by atoms with Crippen LogP contribution in [0.5, 0.6) is 0 Å². The van der Waals surface area contributed by atoms with Crippen LogP contribution in [0.3, 0.4) is 0 Å². The van der Waals surface area contributed by atoms with Crippen LogP contribution in [-0.4, -0.2) is 87.7 Å². The van der Waals surface area contributed by atoms with Crippen LogP contribution in [-0.2, 0) is 21.1 Å². The molecule has 0 amide bonds. The van der Waals surface area contributed by atoms with E-state index in [4.69, 9.17) is 9.73 Å². The molecule has 0 aromatic heterocycles. The van der Waals surface area contributed by atoms with Gasteiger partial charge in [0.2, 0.25) is 0 Å². The minimum absolute atomic E-state index is 0.293. The van der Waals surface area contributed by atoms with Crippen molar-refractivity contribution in [3.8, 4) is 0 Å². The smallest absolute Gasteiger partial charge is 0.194 e. The van der Waals surface area contributed by atoms with Crippen LogP contribution in [0.2, 0.25) is 0 Å². The topological polar surface area (TPSA) is 74.2 Å². The van der Waals surface area contributed by atoms with E-state index in [2.05, 4.69) is 39.4 Å². The first kappa shape index (κ1) is 22.1. The van der Waals surface area contributed by atoms with Crippen LogP contribution in [0.1, 0.15) is 25.3 Å². The van der Waals surface area contributed by atoms with Gasteiger partial charge in [0, 0.05) is 58.7 Å². The van der Waals surface area contributed by atoms with Gasteiger partial charge in [0.1, 0.15) is 0 Å². The fraction of sp³-hybridized carbons (Fsp3) is 0.667. The Bertz CT molecular complexity index is 768. The van der Waals surface area contributed by atoms with Gasteiger partial charge in [-0.25, -0.2) is 8.42 Å². The Morgan fingerprint density at radius 3 is 2.38 bits per heavy atom. The number of piperazine rings is 1. The van der Waals surface area contributed by atoms with E-state index in [0.717, 1.165) is 45.2 Å². The maximum Gasteiger partial charge on any atom is 0.194 e. The van der Waals surface area contributed by atoms with Crippen LogP contribution in [0.4, 0.5) is 0 Å². The van der Waals surface area contributed by atoms with E-state index in [1.165, 1.54) is 11.8 Å². The molecule has 2 saturated heterocycles. The molecule has 0 saturated carbocycles. The highest BCUT2D eigenvalue weighted by Crippen LogP contribution is 2.29. The second-order valence-corrected chi connectivity index (χ2v) is 10.4. The molecule has 7 nitrogen and oxygen atoms in total. The largest absolute Gasteiger partial charge is 0.381 e. The van der Waals surface area contributed by atoms with Crippen LogP contribution < -0.4 is 5.32 Å². The number of hydrogen-bond acceptors (Lipinski definition) is 5. The maximum absolute atomic E-state index is 12.5. The average Bonchev–Trinajstić information content (AvgIpc) is 2.72. The van der Waals surface area contributed by atoms with Gasteiger partial charge in [-0.1, -0.05) is 30.3 Å². The lowest BCUT2D eigenvalue weighted by Crippen LogP contribution is -2.53. The van der Waals surface area contributed by atoms with Crippen LogP contribution in [0, 0.1) is 0 Å². The lowest BCUT2D eigenvalue weighted by molar-refractivity contribution is 0.0767. The minimum atomic E-state index is -3.21. The van der Waals surface area contributed by atoms with E-state index in [-0.39, 0.29) is 0 Å². The van der Waals surface area contributed by atoms with Crippen molar-refractivity contribution in [2.45, 2.75) is 31.1 Å². The van der Waals surface area contributed by atoms with Crippen LogP contribution >= 0.6 is 0 Å². The van der Waals surface area contributed by atoms with Gasteiger partial charge in [0.15, 0.2) is 15.8 Å². The zero-order chi connectivity index (χ0) is 20.7.